The normalized spacial score (nSPS) is 20.9. The third-order valence-electron chi connectivity index (χ3n) is 3.63. The molecular formula is C13H19N5O. The maximum absolute atomic E-state index is 5.18. The summed E-state index contributed by atoms with van der Waals surface area (Å²) in [6.07, 6.45) is 3.77. The monoisotopic (exact) mass is 261 g/mol. The van der Waals surface area contributed by atoms with Crippen molar-refractivity contribution in [3.05, 3.63) is 18.0 Å². The molecule has 0 bridgehead atoms. The fraction of sp³-hybridized carbons (Fsp3) is 0.538. The molecule has 0 aromatic carbocycles. The minimum atomic E-state index is 0.295. The molecule has 0 spiro atoms. The van der Waals surface area contributed by atoms with E-state index in [2.05, 4.69) is 33.4 Å². The van der Waals surface area contributed by atoms with Crippen LogP contribution in [0.5, 0.6) is 5.88 Å². The fourth-order valence-corrected chi connectivity index (χ4v) is 2.61. The van der Waals surface area contributed by atoms with Crippen LogP contribution in [0.4, 0.5) is 0 Å². The fourth-order valence-electron chi connectivity index (χ4n) is 2.61. The lowest BCUT2D eigenvalue weighted by molar-refractivity contribution is 0.241. The summed E-state index contributed by atoms with van der Waals surface area (Å²) in [5.74, 6) is 0.559. The zero-order valence-corrected chi connectivity index (χ0v) is 11.6. The first-order chi connectivity index (χ1) is 9.19. The number of rotatable bonds is 2. The van der Waals surface area contributed by atoms with Gasteiger partial charge in [-0.05, 0) is 7.05 Å². The molecule has 1 fully saturated rings. The molecule has 0 saturated carbocycles. The predicted molar refractivity (Wildman–Crippen MR) is 73.3 cm³/mol. The highest BCUT2D eigenvalue weighted by atomic mass is 16.5. The molecule has 1 aliphatic rings. The van der Waals surface area contributed by atoms with E-state index < -0.39 is 0 Å². The van der Waals surface area contributed by atoms with E-state index in [9.17, 15) is 0 Å². The lowest BCUT2D eigenvalue weighted by Gasteiger charge is -2.30. The molecule has 1 saturated heterocycles. The van der Waals surface area contributed by atoms with Gasteiger partial charge in [-0.1, -0.05) is 0 Å². The van der Waals surface area contributed by atoms with Gasteiger partial charge in [-0.15, -0.1) is 0 Å². The molecule has 19 heavy (non-hydrogen) atoms. The van der Waals surface area contributed by atoms with Crippen LogP contribution >= 0.6 is 0 Å². The number of fused-ring (bicyclic) bond motifs is 1. The molecule has 0 radical (unpaired) electrons. The molecule has 1 N–H and O–H groups in total. The van der Waals surface area contributed by atoms with Gasteiger partial charge in [0.05, 0.1) is 13.3 Å². The molecule has 2 aromatic heterocycles. The Hall–Kier alpha value is -1.66. The Labute approximate surface area is 112 Å². The van der Waals surface area contributed by atoms with Crippen molar-refractivity contribution in [2.45, 2.75) is 6.04 Å². The largest absolute Gasteiger partial charge is 0.480 e. The first-order valence-corrected chi connectivity index (χ1v) is 6.47. The van der Waals surface area contributed by atoms with Crippen molar-refractivity contribution in [3.8, 4) is 5.88 Å². The van der Waals surface area contributed by atoms with E-state index in [0.717, 1.165) is 30.8 Å². The summed E-state index contributed by atoms with van der Waals surface area (Å²) in [7, 11) is 5.76. The van der Waals surface area contributed by atoms with Gasteiger partial charge in [-0.3, -0.25) is 0 Å². The summed E-state index contributed by atoms with van der Waals surface area (Å²) >= 11 is 0. The topological polar surface area (TPSA) is 55.2 Å². The molecule has 102 valence electrons. The Kier molecular flexibility index (Phi) is 3.12. The molecule has 2 aromatic rings. The van der Waals surface area contributed by atoms with Crippen LogP contribution < -0.4 is 10.1 Å². The summed E-state index contributed by atoms with van der Waals surface area (Å²) < 4.78 is 7.20. The van der Waals surface area contributed by atoms with Crippen LogP contribution in [0.25, 0.3) is 11.2 Å². The number of aromatic nitrogens is 3. The summed E-state index contributed by atoms with van der Waals surface area (Å²) in [4.78, 5) is 11.3. The third kappa shape index (κ3) is 2.17. The predicted octanol–water partition coefficient (Wildman–Crippen LogP) is 0.553. The average Bonchev–Trinajstić information content (AvgIpc) is 2.75. The second-order valence-corrected chi connectivity index (χ2v) is 5.05. The van der Waals surface area contributed by atoms with Crippen LogP contribution in [0.1, 0.15) is 11.6 Å². The number of nitrogens with one attached hydrogen (secondary N) is 1. The molecule has 1 unspecified atom stereocenters. The van der Waals surface area contributed by atoms with Gasteiger partial charge in [0.15, 0.2) is 5.65 Å². The number of piperazine rings is 1. The number of methoxy groups -OCH3 is 1. The van der Waals surface area contributed by atoms with Crippen molar-refractivity contribution >= 4 is 11.2 Å². The molecular weight excluding hydrogens is 242 g/mol. The maximum atomic E-state index is 5.18. The van der Waals surface area contributed by atoms with E-state index in [1.807, 2.05) is 11.6 Å². The second kappa shape index (κ2) is 4.79. The molecule has 0 aliphatic carbocycles. The van der Waals surface area contributed by atoms with Gasteiger partial charge in [-0.2, -0.15) is 0 Å². The highest BCUT2D eigenvalue weighted by Gasteiger charge is 2.23. The van der Waals surface area contributed by atoms with E-state index in [4.69, 9.17) is 4.74 Å². The highest BCUT2D eigenvalue weighted by Crippen LogP contribution is 2.26. The summed E-state index contributed by atoms with van der Waals surface area (Å²) in [5.41, 5.74) is 3.01. The van der Waals surface area contributed by atoms with Crippen LogP contribution in [0.2, 0.25) is 0 Å². The average molecular weight is 261 g/mol. The van der Waals surface area contributed by atoms with Crippen molar-refractivity contribution < 1.29 is 4.74 Å². The Balaban J connectivity index is 2.06. The SMILES string of the molecule is COc1cnc2c(n1)c(C1CN(C)CCN1)cn2C. The molecule has 6 nitrogen and oxygen atoms in total. The van der Waals surface area contributed by atoms with Crippen LogP contribution in [-0.2, 0) is 7.05 Å². The Bertz CT molecular complexity index is 594. The molecule has 3 heterocycles. The third-order valence-corrected chi connectivity index (χ3v) is 3.63. The van der Waals surface area contributed by atoms with Crippen molar-refractivity contribution in [1.82, 2.24) is 24.8 Å². The number of hydrogen-bond donors (Lipinski definition) is 1. The van der Waals surface area contributed by atoms with Gasteiger partial charge in [0.2, 0.25) is 5.88 Å². The highest BCUT2D eigenvalue weighted by molar-refractivity contribution is 5.77. The minimum absolute atomic E-state index is 0.295. The zero-order chi connectivity index (χ0) is 13.4. The second-order valence-electron chi connectivity index (χ2n) is 5.05. The van der Waals surface area contributed by atoms with E-state index >= 15 is 0 Å². The Morgan fingerprint density at radius 3 is 3.00 bits per heavy atom. The Morgan fingerprint density at radius 2 is 2.26 bits per heavy atom. The van der Waals surface area contributed by atoms with Crippen molar-refractivity contribution in [2.75, 3.05) is 33.8 Å². The zero-order valence-electron chi connectivity index (χ0n) is 11.6. The number of hydrogen-bond acceptors (Lipinski definition) is 5. The number of ether oxygens (including phenoxy) is 1. The first kappa shape index (κ1) is 12.4. The van der Waals surface area contributed by atoms with E-state index in [1.165, 1.54) is 5.56 Å². The summed E-state index contributed by atoms with van der Waals surface area (Å²) in [5, 5.41) is 3.55. The smallest absolute Gasteiger partial charge is 0.232 e. The van der Waals surface area contributed by atoms with Crippen molar-refractivity contribution in [2.24, 2.45) is 7.05 Å². The minimum Gasteiger partial charge on any atom is -0.480 e. The number of aryl methyl sites for hydroxylation is 1. The standard InChI is InChI=1S/C13H19N5O/c1-17-5-4-14-10(8-17)9-7-18(2)13-12(9)16-11(19-3)6-15-13/h6-7,10,14H,4-5,8H2,1-3H3. The molecule has 3 rings (SSSR count). The molecule has 6 heteroatoms. The summed E-state index contributed by atoms with van der Waals surface area (Å²) in [6, 6.07) is 0.295. The van der Waals surface area contributed by atoms with Crippen LogP contribution in [0.15, 0.2) is 12.4 Å². The van der Waals surface area contributed by atoms with Crippen LogP contribution in [0.3, 0.4) is 0 Å². The summed E-state index contributed by atoms with van der Waals surface area (Å²) in [6.45, 7) is 3.06. The van der Waals surface area contributed by atoms with Gasteiger partial charge >= 0.3 is 0 Å². The van der Waals surface area contributed by atoms with Gasteiger partial charge in [0, 0.05) is 44.5 Å². The van der Waals surface area contributed by atoms with Crippen LogP contribution in [0, 0.1) is 0 Å². The molecule has 1 atom stereocenters. The van der Waals surface area contributed by atoms with E-state index in [1.54, 1.807) is 13.3 Å². The van der Waals surface area contributed by atoms with Gasteiger partial charge in [0.25, 0.3) is 0 Å². The lowest BCUT2D eigenvalue weighted by atomic mass is 10.1. The maximum Gasteiger partial charge on any atom is 0.232 e. The lowest BCUT2D eigenvalue weighted by Crippen LogP contribution is -2.43. The van der Waals surface area contributed by atoms with Crippen molar-refractivity contribution in [1.29, 1.82) is 0 Å². The van der Waals surface area contributed by atoms with E-state index in [-0.39, 0.29) is 0 Å². The number of nitrogens with zero attached hydrogens (tertiary/aromatic N) is 4. The van der Waals surface area contributed by atoms with Crippen molar-refractivity contribution in [3.63, 3.8) is 0 Å². The van der Waals surface area contributed by atoms with E-state index in [0.29, 0.717) is 11.9 Å². The number of likely N-dealkylation sites (N-methyl/N-ethyl adjacent to an activating group) is 1. The van der Waals surface area contributed by atoms with Gasteiger partial charge < -0.3 is 19.5 Å². The Morgan fingerprint density at radius 1 is 1.42 bits per heavy atom. The van der Waals surface area contributed by atoms with Gasteiger partial charge in [0.1, 0.15) is 5.52 Å². The van der Waals surface area contributed by atoms with Gasteiger partial charge in [-0.25, -0.2) is 9.97 Å². The van der Waals surface area contributed by atoms with Crippen LogP contribution in [-0.4, -0.2) is 53.2 Å². The first-order valence-electron chi connectivity index (χ1n) is 6.47. The quantitative estimate of drug-likeness (QED) is 0.855. The molecule has 1 aliphatic heterocycles. The molecule has 0 amide bonds.